The molecule has 0 saturated heterocycles. The summed E-state index contributed by atoms with van der Waals surface area (Å²) < 4.78 is 23.9. The molecule has 2 aromatic carbocycles. The van der Waals surface area contributed by atoms with E-state index in [1.165, 1.54) is 12.1 Å². The fraction of sp³-hybridized carbons (Fsp3) is 0.190. The molecule has 0 radical (unpaired) electrons. The molecule has 0 bridgehead atoms. The monoisotopic (exact) mass is 396 g/mol. The first-order chi connectivity index (χ1) is 14.1. The Morgan fingerprint density at radius 3 is 2.41 bits per heavy atom. The Kier molecular flexibility index (Phi) is 6.94. The maximum Gasteiger partial charge on any atom is 0.229 e. The van der Waals surface area contributed by atoms with Gasteiger partial charge in [-0.1, -0.05) is 12.1 Å². The molecule has 0 unspecified atom stereocenters. The summed E-state index contributed by atoms with van der Waals surface area (Å²) in [5.74, 6) is 1.74. The second kappa shape index (κ2) is 10.0. The van der Waals surface area contributed by atoms with Crippen molar-refractivity contribution in [2.75, 3.05) is 30.9 Å². The number of ether oxygens (including phenoxy) is 2. The maximum atomic E-state index is 13.2. The Labute approximate surface area is 167 Å². The number of rotatable bonds is 9. The number of nitrogens with zero attached hydrogens (tertiary/aromatic N) is 2. The van der Waals surface area contributed by atoms with Crippen molar-refractivity contribution in [2.45, 2.75) is 6.42 Å². The van der Waals surface area contributed by atoms with Crippen molar-refractivity contribution in [2.24, 2.45) is 0 Å². The van der Waals surface area contributed by atoms with Crippen molar-refractivity contribution in [3.63, 3.8) is 0 Å². The third-order valence-corrected chi connectivity index (χ3v) is 3.92. The molecule has 0 aliphatic rings. The van der Waals surface area contributed by atoms with Crippen molar-refractivity contribution in [1.29, 1.82) is 0 Å². The van der Waals surface area contributed by atoms with Gasteiger partial charge in [-0.3, -0.25) is 4.79 Å². The highest BCUT2D eigenvalue weighted by Gasteiger charge is 2.06. The van der Waals surface area contributed by atoms with Gasteiger partial charge in [0.05, 0.1) is 20.1 Å². The lowest BCUT2D eigenvalue weighted by Gasteiger charge is -2.09. The van der Waals surface area contributed by atoms with Crippen LogP contribution in [0.25, 0.3) is 0 Å². The van der Waals surface area contributed by atoms with E-state index in [0.717, 1.165) is 11.5 Å². The minimum Gasteiger partial charge on any atom is -0.497 e. The zero-order chi connectivity index (χ0) is 20.5. The van der Waals surface area contributed by atoms with Gasteiger partial charge in [0, 0.05) is 0 Å². The van der Waals surface area contributed by atoms with E-state index in [4.69, 9.17) is 9.47 Å². The van der Waals surface area contributed by atoms with Crippen LogP contribution in [0.2, 0.25) is 0 Å². The topological polar surface area (TPSA) is 85.4 Å². The first-order valence-corrected chi connectivity index (χ1v) is 9.01. The van der Waals surface area contributed by atoms with Crippen molar-refractivity contribution in [3.05, 3.63) is 72.0 Å². The molecule has 0 atom stereocenters. The first kappa shape index (κ1) is 20.1. The maximum absolute atomic E-state index is 13.2. The summed E-state index contributed by atoms with van der Waals surface area (Å²) in [7, 11) is 1.61. The van der Waals surface area contributed by atoms with E-state index < -0.39 is 0 Å². The van der Waals surface area contributed by atoms with E-state index >= 15 is 0 Å². The molecule has 150 valence electrons. The number of hydrogen-bond acceptors (Lipinski definition) is 6. The minimum atomic E-state index is -0.374. The van der Waals surface area contributed by atoms with E-state index in [-0.39, 0.29) is 18.1 Å². The third kappa shape index (κ3) is 6.46. The van der Waals surface area contributed by atoms with Crippen LogP contribution in [0.5, 0.6) is 11.5 Å². The average molecular weight is 396 g/mol. The van der Waals surface area contributed by atoms with Gasteiger partial charge in [-0.2, -0.15) is 0 Å². The molecule has 3 rings (SSSR count). The van der Waals surface area contributed by atoms with Crippen LogP contribution in [0.1, 0.15) is 5.56 Å². The summed E-state index contributed by atoms with van der Waals surface area (Å²) in [6.45, 7) is 0.978. The molecule has 3 aromatic rings. The molecule has 0 spiro atoms. The lowest BCUT2D eigenvalue weighted by Crippen LogP contribution is -2.16. The number of methoxy groups -OCH3 is 1. The average Bonchev–Trinajstić information content (AvgIpc) is 2.73. The van der Waals surface area contributed by atoms with Crippen LogP contribution in [0.3, 0.4) is 0 Å². The number of hydrogen-bond donors (Lipinski definition) is 2. The number of carbonyl (C=O) groups is 1. The molecule has 8 heteroatoms. The molecule has 0 aliphatic carbocycles. The molecular formula is C21H21FN4O3. The Balaban J connectivity index is 1.40. The van der Waals surface area contributed by atoms with Gasteiger partial charge in [0.25, 0.3) is 0 Å². The van der Waals surface area contributed by atoms with Gasteiger partial charge in [-0.15, -0.1) is 10.2 Å². The number of anilines is 2. The zero-order valence-electron chi connectivity index (χ0n) is 15.9. The van der Waals surface area contributed by atoms with Crippen LogP contribution in [-0.2, 0) is 11.2 Å². The fourth-order valence-electron chi connectivity index (χ4n) is 2.53. The van der Waals surface area contributed by atoms with Crippen LogP contribution in [-0.4, -0.2) is 36.4 Å². The third-order valence-electron chi connectivity index (χ3n) is 3.92. The number of benzene rings is 2. The van der Waals surface area contributed by atoms with E-state index in [0.29, 0.717) is 30.4 Å². The SMILES string of the molecule is COc1ccc(OCCNc2ccc(NC(=O)Cc3cccc(F)c3)nn2)cc1. The zero-order valence-corrected chi connectivity index (χ0v) is 15.9. The van der Waals surface area contributed by atoms with Crippen molar-refractivity contribution >= 4 is 17.5 Å². The smallest absolute Gasteiger partial charge is 0.229 e. The van der Waals surface area contributed by atoms with Gasteiger partial charge in [0.2, 0.25) is 5.91 Å². The van der Waals surface area contributed by atoms with Crippen LogP contribution in [0.15, 0.2) is 60.7 Å². The molecule has 1 heterocycles. The highest BCUT2D eigenvalue weighted by atomic mass is 19.1. The van der Waals surface area contributed by atoms with E-state index in [1.54, 1.807) is 31.4 Å². The Hall–Kier alpha value is -3.68. The second-order valence-corrected chi connectivity index (χ2v) is 6.11. The lowest BCUT2D eigenvalue weighted by molar-refractivity contribution is -0.115. The van der Waals surface area contributed by atoms with E-state index in [1.807, 2.05) is 24.3 Å². The molecule has 0 saturated carbocycles. The van der Waals surface area contributed by atoms with Crippen LogP contribution >= 0.6 is 0 Å². The quantitative estimate of drug-likeness (QED) is 0.540. The largest absolute Gasteiger partial charge is 0.497 e. The standard InChI is InChI=1S/C21H21FN4O3/c1-28-17-5-7-18(8-6-17)29-12-11-23-19-9-10-20(26-25-19)24-21(27)14-15-3-2-4-16(22)13-15/h2-10,13H,11-12,14H2,1H3,(H,23,25)(H,24,26,27). The predicted octanol–water partition coefficient (Wildman–Crippen LogP) is 3.30. The number of aromatic nitrogens is 2. The van der Waals surface area contributed by atoms with Gasteiger partial charge in [-0.05, 0) is 54.1 Å². The lowest BCUT2D eigenvalue weighted by atomic mass is 10.1. The molecule has 29 heavy (non-hydrogen) atoms. The van der Waals surface area contributed by atoms with Crippen LogP contribution in [0, 0.1) is 5.82 Å². The summed E-state index contributed by atoms with van der Waals surface area (Å²) in [6, 6.07) is 16.6. The van der Waals surface area contributed by atoms with Crippen molar-refractivity contribution < 1.29 is 18.7 Å². The molecule has 0 aliphatic heterocycles. The van der Waals surface area contributed by atoms with Gasteiger partial charge in [0.1, 0.15) is 29.7 Å². The highest BCUT2D eigenvalue weighted by Crippen LogP contribution is 2.16. The predicted molar refractivity (Wildman–Crippen MR) is 108 cm³/mol. The van der Waals surface area contributed by atoms with E-state index in [2.05, 4.69) is 20.8 Å². The molecule has 0 fully saturated rings. The normalized spacial score (nSPS) is 10.3. The Morgan fingerprint density at radius 1 is 1.00 bits per heavy atom. The van der Waals surface area contributed by atoms with Gasteiger partial charge >= 0.3 is 0 Å². The molecule has 1 aromatic heterocycles. The van der Waals surface area contributed by atoms with Gasteiger partial charge in [0.15, 0.2) is 5.82 Å². The van der Waals surface area contributed by atoms with Crippen LogP contribution in [0.4, 0.5) is 16.0 Å². The number of nitrogens with one attached hydrogen (secondary N) is 2. The molecule has 2 N–H and O–H groups in total. The van der Waals surface area contributed by atoms with Crippen molar-refractivity contribution in [3.8, 4) is 11.5 Å². The van der Waals surface area contributed by atoms with Gasteiger partial charge in [-0.25, -0.2) is 4.39 Å². The summed E-state index contributed by atoms with van der Waals surface area (Å²) in [5.41, 5.74) is 0.589. The number of amides is 1. The van der Waals surface area contributed by atoms with E-state index in [9.17, 15) is 9.18 Å². The highest BCUT2D eigenvalue weighted by molar-refractivity contribution is 5.91. The molecular weight excluding hydrogens is 375 g/mol. The Bertz CT molecular complexity index is 933. The summed E-state index contributed by atoms with van der Waals surface area (Å²) in [6.07, 6.45) is 0.0577. The molecule has 1 amide bonds. The summed E-state index contributed by atoms with van der Waals surface area (Å²) >= 11 is 0. The molecule has 7 nitrogen and oxygen atoms in total. The number of halogens is 1. The fourth-order valence-corrected chi connectivity index (χ4v) is 2.53. The minimum absolute atomic E-state index is 0.0577. The van der Waals surface area contributed by atoms with Crippen molar-refractivity contribution in [1.82, 2.24) is 10.2 Å². The summed E-state index contributed by atoms with van der Waals surface area (Å²) in [4.78, 5) is 12.0. The summed E-state index contributed by atoms with van der Waals surface area (Å²) in [5, 5.41) is 13.7. The number of carbonyl (C=O) groups excluding carboxylic acids is 1. The second-order valence-electron chi connectivity index (χ2n) is 6.11. The van der Waals surface area contributed by atoms with Gasteiger partial charge < -0.3 is 20.1 Å². The Morgan fingerprint density at radius 2 is 1.72 bits per heavy atom. The van der Waals surface area contributed by atoms with Crippen LogP contribution < -0.4 is 20.1 Å². The first-order valence-electron chi connectivity index (χ1n) is 9.01.